The molecule has 2 heterocycles. The van der Waals surface area contributed by atoms with E-state index in [1.807, 2.05) is 7.05 Å². The summed E-state index contributed by atoms with van der Waals surface area (Å²) in [7, 11) is 1.99. The zero-order valence-corrected chi connectivity index (χ0v) is 14.2. The van der Waals surface area contributed by atoms with Gasteiger partial charge in [0.25, 0.3) is 5.89 Å². The summed E-state index contributed by atoms with van der Waals surface area (Å²) >= 11 is 0. The molecule has 1 unspecified atom stereocenters. The predicted molar refractivity (Wildman–Crippen MR) is 86.8 cm³/mol. The Kier molecular flexibility index (Phi) is 6.26. The number of nitrogens with zero attached hydrogens (tertiary/aromatic N) is 3. The number of piperazine rings is 1. The van der Waals surface area contributed by atoms with Crippen LogP contribution in [0.25, 0.3) is 11.5 Å². The van der Waals surface area contributed by atoms with Crippen molar-refractivity contribution in [1.29, 1.82) is 0 Å². The van der Waals surface area contributed by atoms with Crippen LogP contribution in [0.15, 0.2) is 28.8 Å². The van der Waals surface area contributed by atoms with Crippen LogP contribution in [0, 0.1) is 0 Å². The third-order valence-corrected chi connectivity index (χ3v) is 3.75. The van der Waals surface area contributed by atoms with Gasteiger partial charge in [0.2, 0.25) is 0 Å². The molecule has 2 aromatic rings. The Balaban J connectivity index is 0.00000225. The minimum Gasteiger partial charge on any atom is -0.484 e. The SMILES string of the molecule is CN1CCNCC1c1noc(-c2ccc(OCC(F)(F)F)cc2)n1.Cl. The number of benzene rings is 1. The highest BCUT2D eigenvalue weighted by atomic mass is 35.5. The summed E-state index contributed by atoms with van der Waals surface area (Å²) in [6.45, 7) is 1.22. The fraction of sp³-hybridized carbons (Fsp3) is 0.467. The molecule has 1 aliphatic heterocycles. The van der Waals surface area contributed by atoms with Gasteiger partial charge in [-0.3, -0.25) is 4.90 Å². The first-order chi connectivity index (χ1) is 11.4. The number of hydrogen-bond acceptors (Lipinski definition) is 6. The molecule has 6 nitrogen and oxygen atoms in total. The van der Waals surface area contributed by atoms with Gasteiger partial charge in [-0.15, -0.1) is 12.4 Å². The monoisotopic (exact) mass is 378 g/mol. The number of likely N-dealkylation sites (N-methyl/N-ethyl adjacent to an activating group) is 1. The smallest absolute Gasteiger partial charge is 0.422 e. The molecule has 0 bridgehead atoms. The van der Waals surface area contributed by atoms with Crippen LogP contribution in [0.3, 0.4) is 0 Å². The third kappa shape index (κ3) is 5.07. The van der Waals surface area contributed by atoms with E-state index >= 15 is 0 Å². The van der Waals surface area contributed by atoms with Crippen molar-refractivity contribution in [3.8, 4) is 17.2 Å². The van der Waals surface area contributed by atoms with Gasteiger partial charge < -0.3 is 14.6 Å². The van der Waals surface area contributed by atoms with E-state index < -0.39 is 12.8 Å². The molecular formula is C15H18ClF3N4O2. The van der Waals surface area contributed by atoms with Crippen molar-refractivity contribution in [2.45, 2.75) is 12.2 Å². The molecule has 1 saturated heterocycles. The standard InChI is InChI=1S/C15H17F3N4O2.ClH/c1-22-7-6-19-8-12(22)13-20-14(24-21-13)10-2-4-11(5-3-10)23-9-15(16,17)18;/h2-5,12,19H,6-9H2,1H3;1H. The Bertz CT molecular complexity index is 678. The lowest BCUT2D eigenvalue weighted by Gasteiger charge is -2.30. The molecule has 25 heavy (non-hydrogen) atoms. The second-order valence-electron chi connectivity index (χ2n) is 5.59. The van der Waals surface area contributed by atoms with Gasteiger partial charge in [-0.1, -0.05) is 5.16 Å². The lowest BCUT2D eigenvalue weighted by Crippen LogP contribution is -2.44. The van der Waals surface area contributed by atoms with Crippen LogP contribution >= 0.6 is 12.4 Å². The van der Waals surface area contributed by atoms with E-state index in [2.05, 4.69) is 25.1 Å². The maximum absolute atomic E-state index is 12.1. The lowest BCUT2D eigenvalue weighted by molar-refractivity contribution is -0.153. The normalized spacial score (nSPS) is 18.6. The predicted octanol–water partition coefficient (Wildman–Crippen LogP) is 2.68. The Morgan fingerprint density at radius 3 is 2.68 bits per heavy atom. The van der Waals surface area contributed by atoms with E-state index in [-0.39, 0.29) is 24.2 Å². The van der Waals surface area contributed by atoms with Gasteiger partial charge in [-0.05, 0) is 31.3 Å². The van der Waals surface area contributed by atoms with Gasteiger partial charge >= 0.3 is 6.18 Å². The van der Waals surface area contributed by atoms with Crippen molar-refractivity contribution in [2.24, 2.45) is 0 Å². The Morgan fingerprint density at radius 1 is 1.32 bits per heavy atom. The summed E-state index contributed by atoms with van der Waals surface area (Å²) in [6, 6.07) is 6.10. The number of alkyl halides is 3. The van der Waals surface area contributed by atoms with Crippen LogP contribution in [0.4, 0.5) is 13.2 Å². The highest BCUT2D eigenvalue weighted by Crippen LogP contribution is 2.25. The van der Waals surface area contributed by atoms with Crippen molar-refractivity contribution in [3.63, 3.8) is 0 Å². The maximum Gasteiger partial charge on any atom is 0.422 e. The molecule has 1 fully saturated rings. The van der Waals surface area contributed by atoms with Crippen molar-refractivity contribution in [1.82, 2.24) is 20.4 Å². The molecule has 0 radical (unpaired) electrons. The van der Waals surface area contributed by atoms with Crippen LogP contribution < -0.4 is 10.1 Å². The largest absolute Gasteiger partial charge is 0.484 e. The average molecular weight is 379 g/mol. The van der Waals surface area contributed by atoms with Gasteiger partial charge in [0.05, 0.1) is 6.04 Å². The molecule has 0 spiro atoms. The molecule has 10 heteroatoms. The summed E-state index contributed by atoms with van der Waals surface area (Å²) < 4.78 is 46.3. The van der Waals surface area contributed by atoms with Crippen LogP contribution in [0.1, 0.15) is 11.9 Å². The van der Waals surface area contributed by atoms with Crippen molar-refractivity contribution in [3.05, 3.63) is 30.1 Å². The van der Waals surface area contributed by atoms with Gasteiger partial charge in [0.1, 0.15) is 5.75 Å². The molecule has 1 atom stereocenters. The number of aromatic nitrogens is 2. The fourth-order valence-corrected chi connectivity index (χ4v) is 2.44. The molecule has 0 amide bonds. The zero-order valence-electron chi connectivity index (χ0n) is 13.4. The van der Waals surface area contributed by atoms with E-state index in [0.717, 1.165) is 19.6 Å². The first-order valence-corrected chi connectivity index (χ1v) is 7.47. The number of halogens is 4. The van der Waals surface area contributed by atoms with Crippen molar-refractivity contribution in [2.75, 3.05) is 33.3 Å². The minimum atomic E-state index is -4.36. The molecule has 1 aromatic carbocycles. The first-order valence-electron chi connectivity index (χ1n) is 7.47. The zero-order chi connectivity index (χ0) is 17.2. The summed E-state index contributed by atoms with van der Waals surface area (Å²) in [4.78, 5) is 6.53. The number of hydrogen-bond donors (Lipinski definition) is 1. The second-order valence-corrected chi connectivity index (χ2v) is 5.59. The number of nitrogens with one attached hydrogen (secondary N) is 1. The Morgan fingerprint density at radius 2 is 2.04 bits per heavy atom. The lowest BCUT2D eigenvalue weighted by atomic mass is 10.2. The Hall–Kier alpha value is -1.84. The fourth-order valence-electron chi connectivity index (χ4n) is 2.44. The molecule has 3 rings (SSSR count). The van der Waals surface area contributed by atoms with E-state index in [4.69, 9.17) is 4.52 Å². The average Bonchev–Trinajstić information content (AvgIpc) is 3.03. The molecule has 0 saturated carbocycles. The van der Waals surface area contributed by atoms with Crippen molar-refractivity contribution >= 4 is 12.4 Å². The number of ether oxygens (including phenoxy) is 1. The highest BCUT2D eigenvalue weighted by Gasteiger charge is 2.28. The van der Waals surface area contributed by atoms with E-state index in [9.17, 15) is 13.2 Å². The van der Waals surface area contributed by atoms with Gasteiger partial charge in [-0.2, -0.15) is 18.2 Å². The van der Waals surface area contributed by atoms with Crippen LogP contribution in [0.5, 0.6) is 5.75 Å². The van der Waals surface area contributed by atoms with Gasteiger partial charge in [0, 0.05) is 25.2 Å². The molecule has 1 N–H and O–H groups in total. The topological polar surface area (TPSA) is 63.4 Å². The Labute approximate surface area is 148 Å². The van der Waals surface area contributed by atoms with Crippen LogP contribution in [0.2, 0.25) is 0 Å². The van der Waals surface area contributed by atoms with E-state index in [1.54, 1.807) is 12.1 Å². The summed E-state index contributed by atoms with van der Waals surface area (Å²) in [6.07, 6.45) is -4.36. The van der Waals surface area contributed by atoms with E-state index in [0.29, 0.717) is 17.3 Å². The van der Waals surface area contributed by atoms with Gasteiger partial charge in [0.15, 0.2) is 12.4 Å². The quantitative estimate of drug-likeness (QED) is 0.882. The molecule has 1 aromatic heterocycles. The summed E-state index contributed by atoms with van der Waals surface area (Å²) in [5.74, 6) is 1.04. The van der Waals surface area contributed by atoms with Crippen LogP contribution in [-0.2, 0) is 0 Å². The summed E-state index contributed by atoms with van der Waals surface area (Å²) in [5, 5.41) is 7.28. The molecule has 0 aliphatic carbocycles. The minimum absolute atomic E-state index is 0. The molecule has 1 aliphatic rings. The highest BCUT2D eigenvalue weighted by molar-refractivity contribution is 5.85. The van der Waals surface area contributed by atoms with Gasteiger partial charge in [-0.25, -0.2) is 0 Å². The maximum atomic E-state index is 12.1. The van der Waals surface area contributed by atoms with Crippen LogP contribution in [-0.4, -0.2) is 54.5 Å². The van der Waals surface area contributed by atoms with E-state index in [1.165, 1.54) is 12.1 Å². The summed E-state index contributed by atoms with van der Waals surface area (Å²) in [5.41, 5.74) is 0.625. The molecular weight excluding hydrogens is 361 g/mol. The van der Waals surface area contributed by atoms with Crippen molar-refractivity contribution < 1.29 is 22.4 Å². The molecule has 138 valence electrons. The first kappa shape index (κ1) is 19.5. The third-order valence-electron chi connectivity index (χ3n) is 3.75. The second kappa shape index (κ2) is 8.03. The number of rotatable bonds is 4.